The second-order valence-corrected chi connectivity index (χ2v) is 8.91. The number of nitrogens with zero attached hydrogens (tertiary/aromatic N) is 4. The number of fused-ring (bicyclic) bond motifs is 1. The van der Waals surface area contributed by atoms with Gasteiger partial charge in [-0.25, -0.2) is 15.0 Å². The molecule has 190 valence electrons. The van der Waals surface area contributed by atoms with Crippen molar-refractivity contribution >= 4 is 28.3 Å². The van der Waals surface area contributed by atoms with Crippen molar-refractivity contribution in [3.8, 4) is 11.5 Å². The standard InChI is InChI=1S/C27H24F3N5O2/c1-17(36)35-12-10-18(11-13-35)19-2-8-24-23(14-19)26(33-16-32-24)34-20-3-5-21(6-4-20)37-22-7-9-25(31-15-22)27(28,29)30/h2-9,14-16,18H,10-13H2,1H3,(H,32,33,34). The highest BCUT2D eigenvalue weighted by Crippen LogP contribution is 2.33. The van der Waals surface area contributed by atoms with Crippen LogP contribution in [-0.2, 0) is 11.0 Å². The van der Waals surface area contributed by atoms with Crippen LogP contribution in [0, 0.1) is 0 Å². The quantitative estimate of drug-likeness (QED) is 0.341. The summed E-state index contributed by atoms with van der Waals surface area (Å²) in [4.78, 5) is 25.8. The number of ether oxygens (including phenoxy) is 1. The van der Waals surface area contributed by atoms with Crippen LogP contribution in [0.2, 0.25) is 0 Å². The number of alkyl halides is 3. The third kappa shape index (κ3) is 5.63. The van der Waals surface area contributed by atoms with Crippen LogP contribution in [-0.4, -0.2) is 38.8 Å². The van der Waals surface area contributed by atoms with Gasteiger partial charge in [0.1, 0.15) is 29.3 Å². The number of piperidine rings is 1. The Balaban J connectivity index is 1.29. The average Bonchev–Trinajstić information content (AvgIpc) is 2.90. The van der Waals surface area contributed by atoms with Crippen LogP contribution in [0.25, 0.3) is 10.9 Å². The molecule has 0 bridgehead atoms. The second kappa shape index (κ2) is 10.0. The number of carbonyl (C=O) groups excluding carboxylic acids is 1. The van der Waals surface area contributed by atoms with Gasteiger partial charge >= 0.3 is 6.18 Å². The predicted octanol–water partition coefficient (Wildman–Crippen LogP) is 6.31. The molecule has 0 spiro atoms. The topological polar surface area (TPSA) is 80.2 Å². The number of halogens is 3. The van der Waals surface area contributed by atoms with E-state index in [1.54, 1.807) is 31.2 Å². The molecular formula is C27H24F3N5O2. The Morgan fingerprint density at radius 2 is 1.70 bits per heavy atom. The molecule has 10 heteroatoms. The molecule has 0 aliphatic carbocycles. The number of amides is 1. The summed E-state index contributed by atoms with van der Waals surface area (Å²) in [5.41, 5.74) is 1.80. The molecule has 2 aromatic heterocycles. The van der Waals surface area contributed by atoms with Crippen LogP contribution in [0.15, 0.2) is 67.1 Å². The summed E-state index contributed by atoms with van der Waals surface area (Å²) < 4.78 is 43.7. The zero-order valence-electron chi connectivity index (χ0n) is 20.0. The molecule has 4 aromatic rings. The van der Waals surface area contributed by atoms with Crippen LogP contribution in [0.3, 0.4) is 0 Å². The zero-order chi connectivity index (χ0) is 26.0. The maximum absolute atomic E-state index is 12.7. The van der Waals surface area contributed by atoms with Gasteiger partial charge in [-0.3, -0.25) is 4.79 Å². The summed E-state index contributed by atoms with van der Waals surface area (Å²) in [6.45, 7) is 3.12. The first-order valence-corrected chi connectivity index (χ1v) is 11.8. The molecule has 1 N–H and O–H groups in total. The van der Waals surface area contributed by atoms with Crippen molar-refractivity contribution in [3.63, 3.8) is 0 Å². The van der Waals surface area contributed by atoms with Gasteiger partial charge in [0, 0.05) is 31.1 Å². The van der Waals surface area contributed by atoms with E-state index in [1.165, 1.54) is 18.0 Å². The molecular weight excluding hydrogens is 483 g/mol. The summed E-state index contributed by atoms with van der Waals surface area (Å²) in [5, 5.41) is 4.21. The second-order valence-electron chi connectivity index (χ2n) is 8.91. The van der Waals surface area contributed by atoms with Crippen LogP contribution in [0.5, 0.6) is 11.5 Å². The van der Waals surface area contributed by atoms with Crippen LogP contribution < -0.4 is 10.1 Å². The van der Waals surface area contributed by atoms with E-state index in [4.69, 9.17) is 4.74 Å². The highest BCUT2D eigenvalue weighted by molar-refractivity contribution is 5.91. The van der Waals surface area contributed by atoms with E-state index in [9.17, 15) is 18.0 Å². The molecule has 1 aliphatic rings. The van der Waals surface area contributed by atoms with Gasteiger partial charge in [-0.15, -0.1) is 0 Å². The molecule has 0 radical (unpaired) electrons. The molecule has 1 fully saturated rings. The Hall–Kier alpha value is -4.21. The van der Waals surface area contributed by atoms with Crippen LogP contribution >= 0.6 is 0 Å². The summed E-state index contributed by atoms with van der Waals surface area (Å²) in [6.07, 6.45) is -0.117. The van der Waals surface area contributed by atoms with E-state index >= 15 is 0 Å². The number of rotatable bonds is 5. The maximum Gasteiger partial charge on any atom is 0.433 e. The number of carbonyl (C=O) groups is 1. The van der Waals surface area contributed by atoms with E-state index < -0.39 is 11.9 Å². The number of hydrogen-bond donors (Lipinski definition) is 1. The fraction of sp³-hybridized carbons (Fsp3) is 0.259. The van der Waals surface area contributed by atoms with Gasteiger partial charge in [0.15, 0.2) is 0 Å². The highest BCUT2D eigenvalue weighted by atomic mass is 19.4. The minimum Gasteiger partial charge on any atom is -0.456 e. The smallest absolute Gasteiger partial charge is 0.433 e. The molecule has 7 nitrogen and oxygen atoms in total. The first kappa shape index (κ1) is 24.5. The Bertz CT molecular complexity index is 1400. The van der Waals surface area contributed by atoms with Crippen molar-refractivity contribution < 1.29 is 22.7 Å². The summed E-state index contributed by atoms with van der Waals surface area (Å²) in [6, 6.07) is 15.3. The SMILES string of the molecule is CC(=O)N1CCC(c2ccc3ncnc(Nc4ccc(Oc5ccc(C(F)(F)F)nc5)cc4)c3c2)CC1. The van der Waals surface area contributed by atoms with Crippen molar-refractivity contribution in [2.45, 2.75) is 31.9 Å². The normalized spacial score (nSPS) is 14.5. The van der Waals surface area contributed by atoms with Crippen molar-refractivity contribution in [2.75, 3.05) is 18.4 Å². The number of pyridine rings is 1. The lowest BCUT2D eigenvalue weighted by Crippen LogP contribution is -2.36. The first-order valence-electron chi connectivity index (χ1n) is 11.8. The highest BCUT2D eigenvalue weighted by Gasteiger charge is 2.32. The summed E-state index contributed by atoms with van der Waals surface area (Å²) >= 11 is 0. The van der Waals surface area contributed by atoms with Crippen molar-refractivity contribution in [2.24, 2.45) is 0 Å². The van der Waals surface area contributed by atoms with E-state index in [0.717, 1.165) is 54.8 Å². The van der Waals surface area contributed by atoms with Gasteiger partial charge in [0.05, 0.1) is 11.7 Å². The Labute approximate surface area is 211 Å². The summed E-state index contributed by atoms with van der Waals surface area (Å²) in [5.74, 6) is 1.80. The molecule has 1 amide bonds. The Morgan fingerprint density at radius 3 is 2.35 bits per heavy atom. The van der Waals surface area contributed by atoms with Crippen molar-refractivity contribution in [3.05, 3.63) is 78.4 Å². The monoisotopic (exact) mass is 507 g/mol. The lowest BCUT2D eigenvalue weighted by Gasteiger charge is -2.31. The van der Waals surface area contributed by atoms with E-state index in [0.29, 0.717) is 17.5 Å². The van der Waals surface area contributed by atoms with Gasteiger partial charge in [0.25, 0.3) is 0 Å². The molecule has 5 rings (SSSR count). The lowest BCUT2D eigenvalue weighted by molar-refractivity contribution is -0.141. The molecule has 1 aliphatic heterocycles. The predicted molar refractivity (Wildman–Crippen MR) is 133 cm³/mol. The van der Waals surface area contributed by atoms with E-state index in [-0.39, 0.29) is 11.7 Å². The average molecular weight is 508 g/mol. The zero-order valence-corrected chi connectivity index (χ0v) is 20.0. The molecule has 0 saturated carbocycles. The molecule has 1 saturated heterocycles. The lowest BCUT2D eigenvalue weighted by atomic mass is 9.88. The molecule has 0 atom stereocenters. The fourth-order valence-electron chi connectivity index (χ4n) is 4.44. The third-order valence-corrected chi connectivity index (χ3v) is 6.45. The van der Waals surface area contributed by atoms with Crippen LogP contribution in [0.1, 0.15) is 36.9 Å². The van der Waals surface area contributed by atoms with Crippen LogP contribution in [0.4, 0.5) is 24.7 Å². The van der Waals surface area contributed by atoms with Gasteiger partial charge in [-0.2, -0.15) is 13.2 Å². The number of benzene rings is 2. The minimum absolute atomic E-state index is 0.115. The number of hydrogen-bond acceptors (Lipinski definition) is 6. The van der Waals surface area contributed by atoms with Crippen molar-refractivity contribution in [1.82, 2.24) is 19.9 Å². The van der Waals surface area contributed by atoms with Gasteiger partial charge in [-0.1, -0.05) is 6.07 Å². The van der Waals surface area contributed by atoms with Gasteiger partial charge in [-0.05, 0) is 72.9 Å². The number of likely N-dealkylation sites (tertiary alicyclic amines) is 1. The molecule has 37 heavy (non-hydrogen) atoms. The fourth-order valence-corrected chi connectivity index (χ4v) is 4.44. The van der Waals surface area contributed by atoms with Gasteiger partial charge in [0.2, 0.25) is 5.91 Å². The Kier molecular flexibility index (Phi) is 6.64. The number of anilines is 2. The van der Waals surface area contributed by atoms with E-state index in [2.05, 4.69) is 32.4 Å². The van der Waals surface area contributed by atoms with E-state index in [1.807, 2.05) is 11.0 Å². The maximum atomic E-state index is 12.7. The molecule has 2 aromatic carbocycles. The molecule has 3 heterocycles. The number of aromatic nitrogens is 3. The molecule has 0 unspecified atom stereocenters. The van der Waals surface area contributed by atoms with Gasteiger partial charge < -0.3 is 15.0 Å². The third-order valence-electron chi connectivity index (χ3n) is 6.45. The minimum atomic E-state index is -4.50. The summed E-state index contributed by atoms with van der Waals surface area (Å²) in [7, 11) is 0. The van der Waals surface area contributed by atoms with Crippen molar-refractivity contribution in [1.29, 1.82) is 0 Å². The Morgan fingerprint density at radius 1 is 0.973 bits per heavy atom. The largest absolute Gasteiger partial charge is 0.456 e. The number of nitrogens with one attached hydrogen (secondary N) is 1. The first-order chi connectivity index (χ1) is 17.8.